The van der Waals surface area contributed by atoms with Crippen LogP contribution in [0.1, 0.15) is 12.5 Å². The van der Waals surface area contributed by atoms with Crippen molar-refractivity contribution in [2.24, 2.45) is 0 Å². The molecule has 1 aromatic heterocycles. The minimum Gasteiger partial charge on any atom is -0.492 e. The molecule has 0 aliphatic rings. The molecule has 0 bridgehead atoms. The number of carbonyl (C=O) groups excluding carboxylic acids is 1. The topological polar surface area (TPSA) is 96.3 Å². The lowest BCUT2D eigenvalue weighted by molar-refractivity contribution is -0.111. The molecule has 2 N–H and O–H groups in total. The maximum atomic E-state index is 12.0. The van der Waals surface area contributed by atoms with E-state index in [1.807, 2.05) is 61.5 Å². The highest BCUT2D eigenvalue weighted by Gasteiger charge is 2.15. The Balaban J connectivity index is 1.70. The van der Waals surface area contributed by atoms with Crippen LogP contribution in [0, 0.1) is 11.3 Å². The van der Waals surface area contributed by atoms with Gasteiger partial charge in [0.2, 0.25) is 5.91 Å². The lowest BCUT2D eigenvalue weighted by Gasteiger charge is -2.16. The summed E-state index contributed by atoms with van der Waals surface area (Å²) in [5, 5.41) is 16.4. The molecule has 1 heterocycles. The molecular weight excluding hydrogens is 428 g/mol. The van der Waals surface area contributed by atoms with E-state index in [0.29, 0.717) is 45.9 Å². The Labute approximate surface area is 197 Å². The number of benzene rings is 3. The zero-order valence-corrected chi connectivity index (χ0v) is 18.5. The van der Waals surface area contributed by atoms with Gasteiger partial charge in [0.1, 0.15) is 23.3 Å². The van der Waals surface area contributed by atoms with Crippen LogP contribution >= 0.6 is 0 Å². The Morgan fingerprint density at radius 3 is 2.53 bits per heavy atom. The number of aromatic nitrogens is 1. The minimum atomic E-state index is -0.367. The third kappa shape index (κ3) is 4.97. The molecule has 4 aromatic rings. The molecule has 7 heteroatoms. The summed E-state index contributed by atoms with van der Waals surface area (Å²) in [6.45, 7) is 5.77. The van der Waals surface area contributed by atoms with Crippen molar-refractivity contribution in [2.45, 2.75) is 6.92 Å². The van der Waals surface area contributed by atoms with E-state index in [0.717, 1.165) is 11.4 Å². The number of hydrogen-bond donors (Lipinski definition) is 2. The van der Waals surface area contributed by atoms with E-state index in [-0.39, 0.29) is 5.91 Å². The van der Waals surface area contributed by atoms with E-state index in [2.05, 4.69) is 28.3 Å². The monoisotopic (exact) mass is 450 g/mol. The molecule has 0 saturated carbocycles. The molecule has 0 fully saturated rings. The number of hydrogen-bond acceptors (Lipinski definition) is 6. The number of pyridine rings is 1. The summed E-state index contributed by atoms with van der Waals surface area (Å²) in [4.78, 5) is 16.4. The standard InChI is InChI=1S/C27H22N4O3/c1-3-26(32)31-24-14-22-23(15-25(24)33-4-2)29-17-18(16-28)27(22)30-19-10-12-21(13-11-19)34-20-8-6-5-7-9-20/h3,5-15,17H,1,4H2,2H3,(H,29,30)(H,31,32). The summed E-state index contributed by atoms with van der Waals surface area (Å²) in [5.74, 6) is 1.55. The second-order valence-electron chi connectivity index (χ2n) is 7.22. The van der Waals surface area contributed by atoms with Gasteiger partial charge in [0, 0.05) is 23.3 Å². The highest BCUT2D eigenvalue weighted by molar-refractivity contribution is 6.04. The first kappa shape index (κ1) is 22.4. The van der Waals surface area contributed by atoms with Crippen molar-refractivity contribution in [3.8, 4) is 23.3 Å². The van der Waals surface area contributed by atoms with Gasteiger partial charge in [-0.05, 0) is 55.5 Å². The van der Waals surface area contributed by atoms with Crippen LogP contribution in [0.5, 0.6) is 17.2 Å². The number of carbonyl (C=O) groups is 1. The van der Waals surface area contributed by atoms with Crippen LogP contribution in [-0.2, 0) is 4.79 Å². The Morgan fingerprint density at radius 1 is 1.12 bits per heavy atom. The number of rotatable bonds is 8. The van der Waals surface area contributed by atoms with Crippen molar-refractivity contribution in [2.75, 3.05) is 17.2 Å². The SMILES string of the molecule is C=CC(=O)Nc1cc2c(Nc3ccc(Oc4ccccc4)cc3)c(C#N)cnc2cc1OCC. The van der Waals surface area contributed by atoms with E-state index in [1.54, 1.807) is 12.1 Å². The number of fused-ring (bicyclic) bond motifs is 1. The molecule has 0 atom stereocenters. The number of anilines is 3. The summed E-state index contributed by atoms with van der Waals surface area (Å²) in [6.07, 6.45) is 2.69. The fourth-order valence-electron chi connectivity index (χ4n) is 3.37. The van der Waals surface area contributed by atoms with Gasteiger partial charge in [0.15, 0.2) is 0 Å². The molecule has 0 radical (unpaired) electrons. The molecule has 0 aliphatic carbocycles. The summed E-state index contributed by atoms with van der Waals surface area (Å²) in [5.41, 5.74) is 2.77. The molecule has 1 amide bonds. The zero-order chi connectivity index (χ0) is 23.9. The number of nitrogens with zero attached hydrogens (tertiary/aromatic N) is 2. The second kappa shape index (κ2) is 10.2. The minimum absolute atomic E-state index is 0.363. The first-order chi connectivity index (χ1) is 16.6. The highest BCUT2D eigenvalue weighted by atomic mass is 16.5. The quantitative estimate of drug-likeness (QED) is 0.312. The van der Waals surface area contributed by atoms with E-state index >= 15 is 0 Å². The molecule has 7 nitrogen and oxygen atoms in total. The first-order valence-corrected chi connectivity index (χ1v) is 10.6. The Kier molecular flexibility index (Phi) is 6.70. The summed E-state index contributed by atoms with van der Waals surface area (Å²) in [6, 6.07) is 22.6. The van der Waals surface area contributed by atoms with Gasteiger partial charge in [0.25, 0.3) is 0 Å². The lowest BCUT2D eigenvalue weighted by Crippen LogP contribution is -2.09. The van der Waals surface area contributed by atoms with Crippen LogP contribution in [0.2, 0.25) is 0 Å². The first-order valence-electron chi connectivity index (χ1n) is 10.6. The molecule has 168 valence electrons. The normalized spacial score (nSPS) is 10.2. The molecule has 0 spiro atoms. The van der Waals surface area contributed by atoms with E-state index in [9.17, 15) is 10.1 Å². The Morgan fingerprint density at radius 2 is 1.85 bits per heavy atom. The van der Waals surface area contributed by atoms with Gasteiger partial charge >= 0.3 is 0 Å². The Hall–Kier alpha value is -4.83. The van der Waals surface area contributed by atoms with Crippen LogP contribution in [0.15, 0.2) is 85.6 Å². The van der Waals surface area contributed by atoms with Crippen LogP contribution in [0.4, 0.5) is 17.1 Å². The summed E-state index contributed by atoms with van der Waals surface area (Å²) < 4.78 is 11.5. The molecule has 4 rings (SSSR count). The summed E-state index contributed by atoms with van der Waals surface area (Å²) in [7, 11) is 0. The van der Waals surface area contributed by atoms with Crippen molar-refractivity contribution in [1.29, 1.82) is 5.26 Å². The van der Waals surface area contributed by atoms with Gasteiger partial charge in [-0.25, -0.2) is 0 Å². The number of ether oxygens (including phenoxy) is 2. The van der Waals surface area contributed by atoms with Crippen molar-refractivity contribution in [1.82, 2.24) is 4.98 Å². The maximum Gasteiger partial charge on any atom is 0.247 e. The van der Waals surface area contributed by atoms with Gasteiger partial charge in [-0.2, -0.15) is 5.26 Å². The van der Waals surface area contributed by atoms with Crippen molar-refractivity contribution in [3.63, 3.8) is 0 Å². The van der Waals surface area contributed by atoms with Gasteiger partial charge in [-0.1, -0.05) is 24.8 Å². The van der Waals surface area contributed by atoms with Crippen LogP contribution in [0.25, 0.3) is 10.9 Å². The number of amides is 1. The van der Waals surface area contributed by atoms with Gasteiger partial charge in [0.05, 0.1) is 29.1 Å². The average Bonchev–Trinajstić information content (AvgIpc) is 2.86. The van der Waals surface area contributed by atoms with Crippen molar-refractivity contribution < 1.29 is 14.3 Å². The van der Waals surface area contributed by atoms with Gasteiger partial charge in [-0.15, -0.1) is 0 Å². The third-order valence-corrected chi connectivity index (χ3v) is 4.94. The second-order valence-corrected chi connectivity index (χ2v) is 7.22. The Bertz CT molecular complexity index is 1380. The van der Waals surface area contributed by atoms with E-state index in [4.69, 9.17) is 9.47 Å². The van der Waals surface area contributed by atoms with Gasteiger partial charge < -0.3 is 20.1 Å². The lowest BCUT2D eigenvalue weighted by atomic mass is 10.1. The molecule has 34 heavy (non-hydrogen) atoms. The fraction of sp³-hybridized carbons (Fsp3) is 0.0741. The van der Waals surface area contributed by atoms with Crippen molar-refractivity contribution in [3.05, 3.63) is 91.1 Å². The maximum absolute atomic E-state index is 12.0. The number of nitrogens with one attached hydrogen (secondary N) is 2. The molecule has 3 aromatic carbocycles. The molecule has 0 saturated heterocycles. The fourth-order valence-corrected chi connectivity index (χ4v) is 3.37. The van der Waals surface area contributed by atoms with Crippen LogP contribution in [-0.4, -0.2) is 17.5 Å². The van der Waals surface area contributed by atoms with E-state index in [1.165, 1.54) is 12.3 Å². The number of para-hydroxylation sites is 1. The smallest absolute Gasteiger partial charge is 0.247 e. The molecule has 0 unspecified atom stereocenters. The average molecular weight is 450 g/mol. The van der Waals surface area contributed by atoms with E-state index < -0.39 is 0 Å². The third-order valence-electron chi connectivity index (χ3n) is 4.94. The highest BCUT2D eigenvalue weighted by Crippen LogP contribution is 2.36. The zero-order valence-electron chi connectivity index (χ0n) is 18.5. The molecular formula is C27H22N4O3. The van der Waals surface area contributed by atoms with Gasteiger partial charge in [-0.3, -0.25) is 9.78 Å². The molecule has 0 aliphatic heterocycles. The predicted molar refractivity (Wildman–Crippen MR) is 133 cm³/mol. The van der Waals surface area contributed by atoms with Crippen molar-refractivity contribution >= 4 is 33.9 Å². The van der Waals surface area contributed by atoms with Crippen LogP contribution < -0.4 is 20.1 Å². The van der Waals surface area contributed by atoms with Crippen LogP contribution in [0.3, 0.4) is 0 Å². The largest absolute Gasteiger partial charge is 0.492 e. The predicted octanol–water partition coefficient (Wildman–Crippen LogP) is 6.17. The number of nitriles is 1. The summed E-state index contributed by atoms with van der Waals surface area (Å²) >= 11 is 0.